The molecule has 1 aromatic heterocycles. The van der Waals surface area contributed by atoms with Crippen LogP contribution >= 0.6 is 0 Å². The minimum atomic E-state index is -2.05. The molecule has 2 atom stereocenters. The number of benzene rings is 2. The molecule has 2 aliphatic heterocycles. The highest BCUT2D eigenvalue weighted by Gasteiger charge is 2.72. The van der Waals surface area contributed by atoms with E-state index in [1.54, 1.807) is 36.4 Å². The molecule has 2 aliphatic rings. The highest BCUT2D eigenvalue weighted by Crippen LogP contribution is 2.56. The minimum Gasteiger partial charge on any atom is -0.468 e. The zero-order chi connectivity index (χ0) is 24.3. The number of carbonyl (C=O) groups is 4. The van der Waals surface area contributed by atoms with Gasteiger partial charge in [-0.05, 0) is 31.2 Å². The Kier molecular flexibility index (Phi) is 4.84. The van der Waals surface area contributed by atoms with Crippen LogP contribution < -0.4 is 0 Å². The van der Waals surface area contributed by atoms with Crippen LogP contribution in [0.1, 0.15) is 39.8 Å². The Morgan fingerprint density at radius 1 is 0.941 bits per heavy atom. The molecule has 1 saturated heterocycles. The average molecular weight is 463 g/mol. The van der Waals surface area contributed by atoms with E-state index in [9.17, 15) is 19.2 Å². The van der Waals surface area contributed by atoms with Crippen molar-refractivity contribution < 1.29 is 37.8 Å². The van der Waals surface area contributed by atoms with Crippen LogP contribution in [0.3, 0.4) is 0 Å². The fourth-order valence-electron chi connectivity index (χ4n) is 4.96. The second-order valence-corrected chi connectivity index (χ2v) is 8.37. The number of rotatable bonds is 4. The van der Waals surface area contributed by atoms with Gasteiger partial charge in [0, 0.05) is 11.8 Å². The molecule has 2 aromatic carbocycles. The summed E-state index contributed by atoms with van der Waals surface area (Å²) in [6.45, 7) is 1.50. The first-order valence-corrected chi connectivity index (χ1v) is 10.6. The molecule has 0 N–H and O–H groups in total. The first-order chi connectivity index (χ1) is 16.3. The third-order valence-corrected chi connectivity index (χ3v) is 6.74. The highest BCUT2D eigenvalue weighted by atomic mass is 16.6. The van der Waals surface area contributed by atoms with Crippen LogP contribution in [0, 0.1) is 5.41 Å². The Hall–Kier alpha value is -3.98. The van der Waals surface area contributed by atoms with E-state index in [-0.39, 0.29) is 23.3 Å². The quantitative estimate of drug-likeness (QED) is 0.330. The van der Waals surface area contributed by atoms with E-state index < -0.39 is 41.0 Å². The monoisotopic (exact) mass is 463 g/mol. The van der Waals surface area contributed by atoms with Crippen molar-refractivity contribution in [2.45, 2.75) is 25.2 Å². The SMILES string of the molecule is COC(=O)C1(C(=O)OC)C[C@H](N2C(=O)c3ccccc3C2=O)O[C@]1(C)c1cc2ccccc2o1. The maximum absolute atomic E-state index is 13.2. The Bertz CT molecular complexity index is 1270. The van der Waals surface area contributed by atoms with Gasteiger partial charge in [-0.25, -0.2) is 4.90 Å². The third kappa shape index (κ3) is 2.70. The summed E-state index contributed by atoms with van der Waals surface area (Å²) in [5.74, 6) is -2.86. The first-order valence-electron chi connectivity index (χ1n) is 10.6. The number of nitrogens with zero attached hydrogens (tertiary/aromatic N) is 1. The van der Waals surface area contributed by atoms with Crippen molar-refractivity contribution in [2.24, 2.45) is 5.41 Å². The molecule has 3 aromatic rings. The number of para-hydroxylation sites is 1. The van der Waals surface area contributed by atoms with Gasteiger partial charge in [0.05, 0.1) is 25.3 Å². The van der Waals surface area contributed by atoms with E-state index in [4.69, 9.17) is 18.6 Å². The van der Waals surface area contributed by atoms with E-state index >= 15 is 0 Å². The number of hydrogen-bond acceptors (Lipinski definition) is 8. The zero-order valence-electron chi connectivity index (χ0n) is 18.7. The van der Waals surface area contributed by atoms with Crippen molar-refractivity contribution in [1.29, 1.82) is 0 Å². The lowest BCUT2D eigenvalue weighted by molar-refractivity contribution is -0.187. The van der Waals surface area contributed by atoms with Gasteiger partial charge in [-0.3, -0.25) is 19.2 Å². The van der Waals surface area contributed by atoms with Crippen molar-refractivity contribution >= 4 is 34.7 Å². The van der Waals surface area contributed by atoms with Crippen molar-refractivity contribution in [2.75, 3.05) is 14.2 Å². The molecule has 5 rings (SSSR count). The van der Waals surface area contributed by atoms with Gasteiger partial charge in [-0.1, -0.05) is 30.3 Å². The predicted molar refractivity (Wildman–Crippen MR) is 116 cm³/mol. The number of ether oxygens (including phenoxy) is 3. The summed E-state index contributed by atoms with van der Waals surface area (Å²) in [6.07, 6.45) is -1.63. The van der Waals surface area contributed by atoms with Crippen molar-refractivity contribution in [3.63, 3.8) is 0 Å². The van der Waals surface area contributed by atoms with Gasteiger partial charge in [0.25, 0.3) is 11.8 Å². The Labute approximate surface area is 194 Å². The number of imide groups is 1. The molecule has 0 spiro atoms. The molecule has 0 bridgehead atoms. The van der Waals surface area contributed by atoms with Gasteiger partial charge in [-0.15, -0.1) is 0 Å². The molecular formula is C25H21NO8. The lowest BCUT2D eigenvalue weighted by Crippen LogP contribution is -2.52. The van der Waals surface area contributed by atoms with Crippen LogP contribution in [0.4, 0.5) is 0 Å². The van der Waals surface area contributed by atoms with Crippen LogP contribution in [-0.4, -0.2) is 49.1 Å². The van der Waals surface area contributed by atoms with Crippen LogP contribution in [0.15, 0.2) is 59.0 Å². The summed E-state index contributed by atoms with van der Waals surface area (Å²) in [5, 5.41) is 0.718. The topological polar surface area (TPSA) is 112 Å². The fourth-order valence-corrected chi connectivity index (χ4v) is 4.96. The number of furan rings is 1. The van der Waals surface area contributed by atoms with Gasteiger partial charge in [0.1, 0.15) is 17.6 Å². The molecule has 9 heteroatoms. The molecule has 0 radical (unpaired) electrons. The Morgan fingerprint density at radius 2 is 1.50 bits per heavy atom. The lowest BCUT2D eigenvalue weighted by atomic mass is 9.70. The summed E-state index contributed by atoms with van der Waals surface area (Å²) in [5.41, 5.74) is -2.86. The van der Waals surface area contributed by atoms with Gasteiger partial charge in [0.15, 0.2) is 5.60 Å². The normalized spacial score (nSPS) is 23.3. The maximum atomic E-state index is 13.2. The van der Waals surface area contributed by atoms with E-state index in [1.165, 1.54) is 19.1 Å². The smallest absolute Gasteiger partial charge is 0.326 e. The Morgan fingerprint density at radius 3 is 2.06 bits per heavy atom. The van der Waals surface area contributed by atoms with Gasteiger partial charge < -0.3 is 18.6 Å². The van der Waals surface area contributed by atoms with E-state index in [1.807, 2.05) is 6.07 Å². The molecule has 2 amide bonds. The largest absolute Gasteiger partial charge is 0.468 e. The number of carbonyl (C=O) groups excluding carboxylic acids is 4. The van der Waals surface area contributed by atoms with Crippen LogP contribution in [0.2, 0.25) is 0 Å². The Balaban J connectivity index is 1.68. The summed E-state index contributed by atoms with van der Waals surface area (Å²) in [4.78, 5) is 53.7. The molecule has 3 heterocycles. The summed E-state index contributed by atoms with van der Waals surface area (Å²) < 4.78 is 22.3. The first kappa shape index (κ1) is 21.8. The molecule has 9 nitrogen and oxygen atoms in total. The fraction of sp³-hybridized carbons (Fsp3) is 0.280. The molecule has 0 saturated carbocycles. The predicted octanol–water partition coefficient (Wildman–Crippen LogP) is 3.02. The van der Waals surface area contributed by atoms with Crippen molar-refractivity contribution in [3.05, 3.63) is 71.5 Å². The van der Waals surface area contributed by atoms with Crippen molar-refractivity contribution in [1.82, 2.24) is 4.90 Å². The second kappa shape index (κ2) is 7.53. The van der Waals surface area contributed by atoms with Crippen LogP contribution in [-0.2, 0) is 29.4 Å². The second-order valence-electron chi connectivity index (χ2n) is 8.37. The number of fused-ring (bicyclic) bond motifs is 2. The summed E-state index contributed by atoms with van der Waals surface area (Å²) in [6, 6.07) is 15.2. The van der Waals surface area contributed by atoms with Crippen LogP contribution in [0.25, 0.3) is 11.0 Å². The number of hydrogen-bond donors (Lipinski definition) is 0. The molecule has 0 aliphatic carbocycles. The summed E-state index contributed by atoms with van der Waals surface area (Å²) >= 11 is 0. The van der Waals surface area contributed by atoms with Gasteiger partial charge in [0.2, 0.25) is 5.41 Å². The molecular weight excluding hydrogens is 442 g/mol. The van der Waals surface area contributed by atoms with E-state index in [0.717, 1.165) is 24.5 Å². The number of esters is 2. The standard InChI is InChI=1S/C25H21NO8/c1-24(18-12-14-8-4-7-11-17(14)33-18)25(22(29)31-2,23(30)32-3)13-19(34-24)26-20(27)15-9-5-6-10-16(15)21(26)28/h4-12,19H,13H2,1-3H3/t19-,24-/m1/s1. The average Bonchev–Trinajstić information content (AvgIpc) is 3.50. The molecule has 1 fully saturated rings. The molecule has 174 valence electrons. The number of amides is 2. The number of methoxy groups -OCH3 is 2. The lowest BCUT2D eigenvalue weighted by Gasteiger charge is -2.35. The van der Waals surface area contributed by atoms with Gasteiger partial charge >= 0.3 is 11.9 Å². The summed E-state index contributed by atoms with van der Waals surface area (Å²) in [7, 11) is 2.28. The van der Waals surface area contributed by atoms with Crippen LogP contribution in [0.5, 0.6) is 0 Å². The zero-order valence-corrected chi connectivity index (χ0v) is 18.7. The van der Waals surface area contributed by atoms with Crippen molar-refractivity contribution in [3.8, 4) is 0 Å². The molecule has 0 unspecified atom stereocenters. The van der Waals surface area contributed by atoms with Gasteiger partial charge in [-0.2, -0.15) is 0 Å². The third-order valence-electron chi connectivity index (χ3n) is 6.74. The highest BCUT2D eigenvalue weighted by molar-refractivity contribution is 6.21. The van der Waals surface area contributed by atoms with E-state index in [2.05, 4.69) is 0 Å². The van der Waals surface area contributed by atoms with E-state index in [0.29, 0.717) is 5.58 Å². The maximum Gasteiger partial charge on any atom is 0.326 e. The molecule has 34 heavy (non-hydrogen) atoms. The minimum absolute atomic E-state index is 0.156.